The molecule has 1 atom stereocenters. The zero-order valence-corrected chi connectivity index (χ0v) is 11.6. The Morgan fingerprint density at radius 3 is 2.90 bits per heavy atom. The summed E-state index contributed by atoms with van der Waals surface area (Å²) in [4.78, 5) is 29.1. The summed E-state index contributed by atoms with van der Waals surface area (Å²) in [5, 5.41) is 11.5. The summed E-state index contributed by atoms with van der Waals surface area (Å²) in [7, 11) is 0. The van der Waals surface area contributed by atoms with Crippen LogP contribution in [0.2, 0.25) is 0 Å². The third-order valence-corrected chi connectivity index (χ3v) is 3.41. The minimum Gasteiger partial charge on any atom is -0.336 e. The lowest BCUT2D eigenvalue weighted by Gasteiger charge is -2.28. The molecule has 2 heterocycles. The monoisotopic (exact) mass is 281 g/mol. The molecule has 1 aliphatic rings. The molecule has 0 bridgehead atoms. The van der Waals surface area contributed by atoms with Gasteiger partial charge in [-0.1, -0.05) is 6.92 Å². The molecule has 0 saturated heterocycles. The summed E-state index contributed by atoms with van der Waals surface area (Å²) in [5.74, 6) is -0.0170. The van der Waals surface area contributed by atoms with E-state index in [1.165, 1.54) is 0 Å². The van der Waals surface area contributed by atoms with E-state index in [0.29, 0.717) is 25.5 Å². The highest BCUT2D eigenvalue weighted by molar-refractivity contribution is 5.91. The Hall–Kier alpha value is -2.09. The average molecular weight is 281 g/mol. The summed E-state index contributed by atoms with van der Waals surface area (Å²) in [5.41, 5.74) is 1.70. The summed E-state index contributed by atoms with van der Waals surface area (Å²) in [6, 6.07) is 0.00154. The van der Waals surface area contributed by atoms with Crippen molar-refractivity contribution >= 4 is 11.9 Å². The fourth-order valence-electron chi connectivity index (χ4n) is 2.00. The normalized spacial score (nSPS) is 15.4. The van der Waals surface area contributed by atoms with Gasteiger partial charge >= 0.3 is 6.03 Å². The summed E-state index contributed by atoms with van der Waals surface area (Å²) in [6.45, 7) is 5.45. The van der Waals surface area contributed by atoms with Gasteiger partial charge in [0.15, 0.2) is 0 Å². The fraction of sp³-hybridized carbons (Fsp3) is 0.583. The van der Waals surface area contributed by atoms with Gasteiger partial charge in [-0.15, -0.1) is 0 Å². The SMILES string of the molecule is CCC(C)NC(=O)N1CCn2cc(C(=O)NO)nc2C1. The minimum absolute atomic E-state index is 0.123. The van der Waals surface area contributed by atoms with E-state index in [-0.39, 0.29) is 17.8 Å². The molecule has 8 nitrogen and oxygen atoms in total. The number of nitrogens with one attached hydrogen (secondary N) is 2. The van der Waals surface area contributed by atoms with Gasteiger partial charge in [-0.25, -0.2) is 15.3 Å². The second-order valence-electron chi connectivity index (χ2n) is 4.86. The first kappa shape index (κ1) is 14.3. The van der Waals surface area contributed by atoms with Crippen LogP contribution < -0.4 is 10.8 Å². The highest BCUT2D eigenvalue weighted by atomic mass is 16.5. The first-order chi connectivity index (χ1) is 9.55. The summed E-state index contributed by atoms with van der Waals surface area (Å²) in [6.07, 6.45) is 2.44. The number of carbonyl (C=O) groups excluding carboxylic acids is 2. The quantitative estimate of drug-likeness (QED) is 0.549. The van der Waals surface area contributed by atoms with Crippen molar-refractivity contribution in [1.29, 1.82) is 0 Å². The van der Waals surface area contributed by atoms with Crippen molar-refractivity contribution < 1.29 is 14.8 Å². The molecule has 0 aromatic carbocycles. The van der Waals surface area contributed by atoms with E-state index in [4.69, 9.17) is 5.21 Å². The van der Waals surface area contributed by atoms with E-state index in [1.807, 2.05) is 18.4 Å². The largest absolute Gasteiger partial charge is 0.336 e. The Morgan fingerprint density at radius 2 is 2.25 bits per heavy atom. The molecule has 0 radical (unpaired) electrons. The highest BCUT2D eigenvalue weighted by Gasteiger charge is 2.24. The van der Waals surface area contributed by atoms with Crippen molar-refractivity contribution in [1.82, 2.24) is 25.2 Å². The lowest BCUT2D eigenvalue weighted by Crippen LogP contribution is -2.46. The van der Waals surface area contributed by atoms with Crippen molar-refractivity contribution in [2.45, 2.75) is 39.4 Å². The molecule has 20 heavy (non-hydrogen) atoms. The molecular formula is C12H19N5O3. The minimum atomic E-state index is -0.650. The second kappa shape index (κ2) is 5.91. The fourth-order valence-corrected chi connectivity index (χ4v) is 2.00. The first-order valence-electron chi connectivity index (χ1n) is 6.61. The van der Waals surface area contributed by atoms with Gasteiger partial charge in [-0.2, -0.15) is 0 Å². The van der Waals surface area contributed by atoms with Gasteiger partial charge < -0.3 is 14.8 Å². The number of imidazole rings is 1. The van der Waals surface area contributed by atoms with E-state index >= 15 is 0 Å². The van der Waals surface area contributed by atoms with Crippen LogP contribution in [0, 0.1) is 0 Å². The molecule has 8 heteroatoms. The molecule has 2 rings (SSSR count). The smallest absolute Gasteiger partial charge is 0.318 e. The number of rotatable bonds is 3. The van der Waals surface area contributed by atoms with Gasteiger partial charge in [-0.3, -0.25) is 10.0 Å². The topological polar surface area (TPSA) is 99.5 Å². The number of hydrogen-bond acceptors (Lipinski definition) is 4. The zero-order chi connectivity index (χ0) is 14.7. The molecule has 0 fully saturated rings. The van der Waals surface area contributed by atoms with Gasteiger partial charge in [0, 0.05) is 25.3 Å². The lowest BCUT2D eigenvalue weighted by atomic mass is 10.2. The first-order valence-corrected chi connectivity index (χ1v) is 6.61. The van der Waals surface area contributed by atoms with Gasteiger partial charge in [-0.05, 0) is 13.3 Å². The van der Waals surface area contributed by atoms with Crippen LogP contribution in [-0.2, 0) is 13.1 Å². The maximum Gasteiger partial charge on any atom is 0.318 e. The Bertz CT molecular complexity index is 513. The molecule has 0 aliphatic carbocycles. The average Bonchev–Trinajstić information content (AvgIpc) is 2.88. The Labute approximate surface area is 116 Å². The van der Waals surface area contributed by atoms with Crippen molar-refractivity contribution in [2.75, 3.05) is 6.54 Å². The Kier molecular flexibility index (Phi) is 4.23. The highest BCUT2D eigenvalue weighted by Crippen LogP contribution is 2.13. The summed E-state index contributed by atoms with van der Waals surface area (Å²) >= 11 is 0. The van der Waals surface area contributed by atoms with E-state index < -0.39 is 5.91 Å². The van der Waals surface area contributed by atoms with E-state index in [2.05, 4.69) is 10.3 Å². The summed E-state index contributed by atoms with van der Waals surface area (Å²) < 4.78 is 1.82. The molecule has 110 valence electrons. The number of aromatic nitrogens is 2. The molecule has 1 aliphatic heterocycles. The maximum absolute atomic E-state index is 12.0. The van der Waals surface area contributed by atoms with Gasteiger partial charge in [0.1, 0.15) is 11.5 Å². The van der Waals surface area contributed by atoms with Crippen LogP contribution in [0.1, 0.15) is 36.6 Å². The lowest BCUT2D eigenvalue weighted by molar-refractivity contribution is 0.0701. The predicted molar refractivity (Wildman–Crippen MR) is 70.2 cm³/mol. The molecule has 1 aromatic rings. The van der Waals surface area contributed by atoms with Crippen LogP contribution in [0.25, 0.3) is 0 Å². The Morgan fingerprint density at radius 1 is 1.50 bits per heavy atom. The van der Waals surface area contributed by atoms with Crippen LogP contribution in [0.3, 0.4) is 0 Å². The van der Waals surface area contributed by atoms with Crippen molar-refractivity contribution in [3.8, 4) is 0 Å². The van der Waals surface area contributed by atoms with E-state index in [0.717, 1.165) is 6.42 Å². The van der Waals surface area contributed by atoms with Gasteiger partial charge in [0.05, 0.1) is 6.54 Å². The number of urea groups is 1. The van der Waals surface area contributed by atoms with Crippen LogP contribution in [0.5, 0.6) is 0 Å². The van der Waals surface area contributed by atoms with Crippen LogP contribution in [-0.4, -0.2) is 44.2 Å². The maximum atomic E-state index is 12.0. The van der Waals surface area contributed by atoms with Crippen molar-refractivity contribution in [3.05, 3.63) is 17.7 Å². The molecule has 0 spiro atoms. The third-order valence-electron chi connectivity index (χ3n) is 3.41. The number of carbonyl (C=O) groups is 2. The Balaban J connectivity index is 2.05. The van der Waals surface area contributed by atoms with E-state index in [9.17, 15) is 9.59 Å². The second-order valence-corrected chi connectivity index (χ2v) is 4.86. The van der Waals surface area contributed by atoms with Crippen molar-refractivity contribution in [3.63, 3.8) is 0 Å². The molecular weight excluding hydrogens is 262 g/mol. The predicted octanol–water partition coefficient (Wildman–Crippen LogP) is 0.326. The van der Waals surface area contributed by atoms with Crippen molar-refractivity contribution in [2.24, 2.45) is 0 Å². The number of fused-ring (bicyclic) bond motifs is 1. The van der Waals surface area contributed by atoms with Crippen LogP contribution in [0.4, 0.5) is 4.79 Å². The molecule has 1 unspecified atom stereocenters. The number of hydrogen-bond donors (Lipinski definition) is 3. The third kappa shape index (κ3) is 2.90. The number of amides is 3. The molecule has 1 aromatic heterocycles. The molecule has 0 saturated carbocycles. The standard InChI is InChI=1S/C12H19N5O3/c1-3-8(2)13-12(19)17-5-4-16-6-9(11(18)15-20)14-10(16)7-17/h6,8,20H,3-5,7H2,1-2H3,(H,13,19)(H,15,18). The molecule has 3 amide bonds. The van der Waals surface area contributed by atoms with E-state index in [1.54, 1.807) is 16.6 Å². The van der Waals surface area contributed by atoms with Gasteiger partial charge in [0.2, 0.25) is 0 Å². The van der Waals surface area contributed by atoms with Gasteiger partial charge in [0.25, 0.3) is 5.91 Å². The van der Waals surface area contributed by atoms with Crippen LogP contribution >= 0.6 is 0 Å². The van der Waals surface area contributed by atoms with Crippen LogP contribution in [0.15, 0.2) is 6.20 Å². The number of hydroxylamine groups is 1. The number of nitrogens with zero attached hydrogens (tertiary/aromatic N) is 3. The molecule has 3 N–H and O–H groups in total. The zero-order valence-electron chi connectivity index (χ0n) is 11.6.